The van der Waals surface area contributed by atoms with Crippen LogP contribution in [0.3, 0.4) is 0 Å². The largest absolute Gasteiger partial charge is 0.383 e. The van der Waals surface area contributed by atoms with Crippen molar-refractivity contribution < 1.29 is 22.7 Å². The van der Waals surface area contributed by atoms with E-state index in [1.165, 1.54) is 18.2 Å². The average molecular weight is 482 g/mol. The van der Waals surface area contributed by atoms with Gasteiger partial charge in [-0.05, 0) is 61.9 Å². The first-order valence-electron chi connectivity index (χ1n) is 10.6. The maximum atomic E-state index is 12.8. The molecule has 3 aromatic rings. The van der Waals surface area contributed by atoms with Crippen LogP contribution in [0.1, 0.15) is 31.8 Å². The summed E-state index contributed by atoms with van der Waals surface area (Å²) >= 11 is 0. The molecule has 0 spiro atoms. The Morgan fingerprint density at radius 2 is 1.59 bits per heavy atom. The van der Waals surface area contributed by atoms with E-state index in [0.717, 1.165) is 5.56 Å². The smallest absolute Gasteiger partial charge is 0.261 e. The molecular formula is C25H27N3O5S. The molecule has 0 aliphatic carbocycles. The van der Waals surface area contributed by atoms with Gasteiger partial charge in [-0.1, -0.05) is 29.8 Å². The summed E-state index contributed by atoms with van der Waals surface area (Å²) < 4.78 is 32.9. The van der Waals surface area contributed by atoms with Crippen molar-refractivity contribution >= 4 is 33.2 Å². The Morgan fingerprint density at radius 1 is 0.882 bits per heavy atom. The normalized spacial score (nSPS) is 11.0. The number of benzene rings is 3. The lowest BCUT2D eigenvalue weighted by molar-refractivity contribution is 0.0938. The van der Waals surface area contributed by atoms with Crippen LogP contribution >= 0.6 is 0 Å². The molecule has 3 aromatic carbocycles. The fourth-order valence-electron chi connectivity index (χ4n) is 3.19. The lowest BCUT2D eigenvalue weighted by Crippen LogP contribution is -2.28. The van der Waals surface area contributed by atoms with Gasteiger partial charge in [0.2, 0.25) is 0 Å². The van der Waals surface area contributed by atoms with Crippen LogP contribution in [-0.2, 0) is 14.8 Å². The van der Waals surface area contributed by atoms with Crippen molar-refractivity contribution in [3.8, 4) is 0 Å². The quantitative estimate of drug-likeness (QED) is 0.403. The van der Waals surface area contributed by atoms with Crippen molar-refractivity contribution in [2.45, 2.75) is 18.7 Å². The van der Waals surface area contributed by atoms with Gasteiger partial charge in [-0.2, -0.15) is 0 Å². The molecular weight excluding hydrogens is 454 g/mol. The SMILES string of the molecule is COCCNC(=O)c1ccccc1NC(=O)c1ccc(NS(=O)(=O)c2ccc(C)cc2)c(C)c1. The minimum absolute atomic E-state index is 0.153. The van der Waals surface area contributed by atoms with Gasteiger partial charge < -0.3 is 15.4 Å². The topological polar surface area (TPSA) is 114 Å². The monoisotopic (exact) mass is 481 g/mol. The van der Waals surface area contributed by atoms with E-state index in [4.69, 9.17) is 4.74 Å². The first-order chi connectivity index (χ1) is 16.2. The number of sulfonamides is 1. The summed E-state index contributed by atoms with van der Waals surface area (Å²) in [5.41, 5.74) is 2.92. The van der Waals surface area contributed by atoms with Crippen LogP contribution in [-0.4, -0.2) is 40.5 Å². The van der Waals surface area contributed by atoms with E-state index in [1.807, 2.05) is 6.92 Å². The summed E-state index contributed by atoms with van der Waals surface area (Å²) in [7, 11) is -2.22. The zero-order valence-corrected chi connectivity index (χ0v) is 20.0. The summed E-state index contributed by atoms with van der Waals surface area (Å²) in [5, 5.41) is 5.48. The Hall–Kier alpha value is -3.69. The van der Waals surface area contributed by atoms with E-state index in [9.17, 15) is 18.0 Å². The lowest BCUT2D eigenvalue weighted by atomic mass is 10.1. The van der Waals surface area contributed by atoms with Crippen molar-refractivity contribution in [3.63, 3.8) is 0 Å². The van der Waals surface area contributed by atoms with Crippen LogP contribution in [0.5, 0.6) is 0 Å². The van der Waals surface area contributed by atoms with E-state index in [1.54, 1.807) is 62.6 Å². The van der Waals surface area contributed by atoms with Crippen LogP contribution in [0.15, 0.2) is 71.6 Å². The number of aryl methyl sites for hydroxylation is 2. The number of hydrogen-bond donors (Lipinski definition) is 3. The molecule has 2 amide bonds. The molecule has 0 aliphatic rings. The van der Waals surface area contributed by atoms with Crippen molar-refractivity contribution in [1.29, 1.82) is 0 Å². The number of anilines is 2. The minimum atomic E-state index is -3.76. The summed E-state index contributed by atoms with van der Waals surface area (Å²) in [6.07, 6.45) is 0. The molecule has 0 saturated heterocycles. The summed E-state index contributed by atoms with van der Waals surface area (Å²) in [6.45, 7) is 4.31. The maximum absolute atomic E-state index is 12.8. The predicted molar refractivity (Wildman–Crippen MR) is 132 cm³/mol. The lowest BCUT2D eigenvalue weighted by Gasteiger charge is -2.14. The number of nitrogens with one attached hydrogen (secondary N) is 3. The Bertz CT molecular complexity index is 1290. The molecule has 3 rings (SSSR count). The van der Waals surface area contributed by atoms with Crippen molar-refractivity contribution in [2.24, 2.45) is 0 Å². The second-order valence-electron chi connectivity index (χ2n) is 7.70. The highest BCUT2D eigenvalue weighted by Crippen LogP contribution is 2.23. The van der Waals surface area contributed by atoms with E-state index >= 15 is 0 Å². The van der Waals surface area contributed by atoms with Crippen LogP contribution in [0, 0.1) is 13.8 Å². The highest BCUT2D eigenvalue weighted by Gasteiger charge is 2.17. The third kappa shape index (κ3) is 6.21. The van der Waals surface area contributed by atoms with Crippen molar-refractivity contribution in [3.05, 3.63) is 89.0 Å². The summed E-state index contributed by atoms with van der Waals surface area (Å²) in [5.74, 6) is -0.752. The van der Waals surface area contributed by atoms with Gasteiger partial charge in [-0.25, -0.2) is 8.42 Å². The molecule has 0 radical (unpaired) electrons. The van der Waals surface area contributed by atoms with E-state index < -0.39 is 15.9 Å². The van der Waals surface area contributed by atoms with Gasteiger partial charge >= 0.3 is 0 Å². The maximum Gasteiger partial charge on any atom is 0.261 e. The third-order valence-corrected chi connectivity index (χ3v) is 6.46. The van der Waals surface area contributed by atoms with Crippen LogP contribution in [0.4, 0.5) is 11.4 Å². The van der Waals surface area contributed by atoms with Crippen molar-refractivity contribution in [2.75, 3.05) is 30.3 Å². The van der Waals surface area contributed by atoms with Gasteiger partial charge in [0.05, 0.1) is 28.4 Å². The molecule has 0 unspecified atom stereocenters. The molecule has 34 heavy (non-hydrogen) atoms. The van der Waals surface area contributed by atoms with E-state index in [-0.39, 0.29) is 10.8 Å². The Morgan fingerprint density at radius 3 is 2.26 bits per heavy atom. The van der Waals surface area contributed by atoms with Crippen molar-refractivity contribution in [1.82, 2.24) is 5.32 Å². The van der Waals surface area contributed by atoms with Crippen LogP contribution in [0.25, 0.3) is 0 Å². The molecule has 0 saturated carbocycles. The van der Waals surface area contributed by atoms with Gasteiger partial charge in [-0.3, -0.25) is 14.3 Å². The molecule has 9 heteroatoms. The predicted octanol–water partition coefficient (Wildman–Crippen LogP) is 3.73. The Labute approximate surface area is 199 Å². The summed E-state index contributed by atoms with van der Waals surface area (Å²) in [4.78, 5) is 25.4. The zero-order valence-electron chi connectivity index (χ0n) is 19.2. The molecule has 3 N–H and O–H groups in total. The molecule has 178 valence electrons. The number of amides is 2. The number of ether oxygens (including phenoxy) is 1. The van der Waals surface area contributed by atoms with Gasteiger partial charge in [0.25, 0.3) is 21.8 Å². The first kappa shape index (κ1) is 24.9. The Balaban J connectivity index is 1.75. The number of carbonyl (C=O) groups is 2. The number of para-hydroxylation sites is 1. The number of carbonyl (C=O) groups excluding carboxylic acids is 2. The van der Waals surface area contributed by atoms with Gasteiger partial charge in [0.15, 0.2) is 0 Å². The van der Waals surface area contributed by atoms with Crippen LogP contribution in [0.2, 0.25) is 0 Å². The molecule has 0 aromatic heterocycles. The fourth-order valence-corrected chi connectivity index (χ4v) is 4.32. The van der Waals surface area contributed by atoms with Gasteiger partial charge in [0, 0.05) is 19.2 Å². The van der Waals surface area contributed by atoms with E-state index in [0.29, 0.717) is 41.2 Å². The second kappa shape index (κ2) is 11.0. The third-order valence-electron chi connectivity index (χ3n) is 5.08. The molecule has 0 heterocycles. The highest BCUT2D eigenvalue weighted by molar-refractivity contribution is 7.92. The van der Waals surface area contributed by atoms with Crippen LogP contribution < -0.4 is 15.4 Å². The first-order valence-corrected chi connectivity index (χ1v) is 12.1. The number of methoxy groups -OCH3 is 1. The summed E-state index contributed by atoms with van der Waals surface area (Å²) in [6, 6.07) is 17.9. The Kier molecular flexibility index (Phi) is 8.04. The van der Waals surface area contributed by atoms with Gasteiger partial charge in [-0.15, -0.1) is 0 Å². The molecule has 8 nitrogen and oxygen atoms in total. The van der Waals surface area contributed by atoms with E-state index in [2.05, 4.69) is 15.4 Å². The fraction of sp³-hybridized carbons (Fsp3) is 0.200. The zero-order chi connectivity index (χ0) is 24.7. The molecule has 0 aliphatic heterocycles. The molecule has 0 atom stereocenters. The minimum Gasteiger partial charge on any atom is -0.383 e. The molecule has 0 fully saturated rings. The highest BCUT2D eigenvalue weighted by atomic mass is 32.2. The molecule has 0 bridgehead atoms. The second-order valence-corrected chi connectivity index (χ2v) is 9.38. The van der Waals surface area contributed by atoms with Gasteiger partial charge in [0.1, 0.15) is 0 Å². The average Bonchev–Trinajstić information content (AvgIpc) is 2.81. The standard InChI is InChI=1S/C25H27N3O5S/c1-17-8-11-20(12-9-17)34(31,32)28-22-13-10-19(16-18(22)2)24(29)27-23-7-5-4-6-21(23)25(30)26-14-15-33-3/h4-13,16,28H,14-15H2,1-3H3,(H,26,30)(H,27,29). The number of rotatable bonds is 9. The number of hydrogen-bond acceptors (Lipinski definition) is 5.